The van der Waals surface area contributed by atoms with Crippen molar-refractivity contribution in [1.29, 1.82) is 0 Å². The van der Waals surface area contributed by atoms with E-state index >= 15 is 0 Å². The van der Waals surface area contributed by atoms with Crippen molar-refractivity contribution in [3.8, 4) is 5.69 Å². The number of hydrogen-bond acceptors (Lipinski definition) is 4. The second kappa shape index (κ2) is 3.93. The van der Waals surface area contributed by atoms with Crippen molar-refractivity contribution < 1.29 is 14.7 Å². The first-order valence-electron chi connectivity index (χ1n) is 4.39. The minimum absolute atomic E-state index is 0.0566. The molecule has 0 aromatic carbocycles. The van der Waals surface area contributed by atoms with E-state index in [2.05, 4.69) is 9.97 Å². The van der Waals surface area contributed by atoms with E-state index in [4.69, 9.17) is 5.11 Å². The van der Waals surface area contributed by atoms with Gasteiger partial charge < -0.3 is 9.67 Å². The van der Waals surface area contributed by atoms with Crippen molar-refractivity contribution in [2.45, 2.75) is 0 Å². The fourth-order valence-electron chi connectivity index (χ4n) is 1.24. The van der Waals surface area contributed by atoms with Gasteiger partial charge in [0.25, 0.3) is 0 Å². The van der Waals surface area contributed by atoms with Crippen LogP contribution in [-0.2, 0) is 0 Å². The molecular weight excluding hydrogens is 210 g/mol. The lowest BCUT2D eigenvalue weighted by atomic mass is 10.3. The van der Waals surface area contributed by atoms with Crippen molar-refractivity contribution >= 4 is 12.3 Å². The van der Waals surface area contributed by atoms with Crippen molar-refractivity contribution in [2.24, 2.45) is 0 Å². The van der Waals surface area contributed by atoms with Crippen LogP contribution < -0.4 is 0 Å². The quantitative estimate of drug-likeness (QED) is 0.768. The Kier molecular flexibility index (Phi) is 2.47. The molecule has 0 fully saturated rings. The van der Waals surface area contributed by atoms with Gasteiger partial charge in [-0.05, 0) is 12.1 Å². The van der Waals surface area contributed by atoms with Crippen molar-refractivity contribution in [1.82, 2.24) is 14.5 Å². The van der Waals surface area contributed by atoms with Crippen LogP contribution in [0, 0.1) is 0 Å². The van der Waals surface area contributed by atoms with Crippen molar-refractivity contribution in [2.75, 3.05) is 0 Å². The molecule has 0 aliphatic heterocycles. The maximum atomic E-state index is 10.7. The second-order valence-corrected chi connectivity index (χ2v) is 3.03. The molecule has 6 nitrogen and oxygen atoms in total. The van der Waals surface area contributed by atoms with Gasteiger partial charge in [-0.2, -0.15) is 0 Å². The summed E-state index contributed by atoms with van der Waals surface area (Å²) in [7, 11) is 0. The summed E-state index contributed by atoms with van der Waals surface area (Å²) in [6.07, 6.45) is 4.95. The Hall–Kier alpha value is -2.50. The summed E-state index contributed by atoms with van der Waals surface area (Å²) in [6, 6.07) is 3.03. The van der Waals surface area contributed by atoms with E-state index in [1.807, 2.05) is 0 Å². The maximum absolute atomic E-state index is 10.7. The fourth-order valence-corrected chi connectivity index (χ4v) is 1.24. The minimum atomic E-state index is -1.10. The van der Waals surface area contributed by atoms with Crippen LogP contribution in [0.2, 0.25) is 0 Å². The molecule has 2 aromatic rings. The summed E-state index contributed by atoms with van der Waals surface area (Å²) in [5.41, 5.74) is 0.820. The Labute approximate surface area is 90.2 Å². The average molecular weight is 217 g/mol. The zero-order valence-corrected chi connectivity index (χ0v) is 8.07. The molecule has 80 valence electrons. The molecule has 1 N–H and O–H groups in total. The van der Waals surface area contributed by atoms with Gasteiger partial charge in [0.1, 0.15) is 17.7 Å². The van der Waals surface area contributed by atoms with Crippen LogP contribution in [0.25, 0.3) is 5.69 Å². The predicted molar refractivity (Wildman–Crippen MR) is 53.7 cm³/mol. The highest BCUT2D eigenvalue weighted by Gasteiger charge is 2.06. The molecule has 6 heteroatoms. The molecule has 2 rings (SSSR count). The number of carboxylic acid groups (broad SMARTS) is 1. The van der Waals surface area contributed by atoms with E-state index in [9.17, 15) is 9.59 Å². The number of carbonyl (C=O) groups excluding carboxylic acids is 1. The van der Waals surface area contributed by atoms with Crippen LogP contribution in [0.4, 0.5) is 0 Å². The lowest BCUT2D eigenvalue weighted by molar-refractivity contribution is 0.0690. The van der Waals surface area contributed by atoms with Gasteiger partial charge in [0.2, 0.25) is 0 Å². The van der Waals surface area contributed by atoms with Gasteiger partial charge in [-0.15, -0.1) is 0 Å². The normalized spacial score (nSPS) is 10.0. The predicted octanol–water partition coefficient (Wildman–Crippen LogP) is 0.778. The van der Waals surface area contributed by atoms with Crippen LogP contribution in [0.15, 0.2) is 30.9 Å². The van der Waals surface area contributed by atoms with Gasteiger partial charge >= 0.3 is 5.97 Å². The van der Waals surface area contributed by atoms with E-state index in [-0.39, 0.29) is 11.4 Å². The zero-order valence-electron chi connectivity index (χ0n) is 8.07. The lowest BCUT2D eigenvalue weighted by Crippen LogP contribution is -2.01. The second-order valence-electron chi connectivity index (χ2n) is 3.03. The molecule has 0 aliphatic carbocycles. The summed E-state index contributed by atoms with van der Waals surface area (Å²) in [4.78, 5) is 28.6. The molecule has 16 heavy (non-hydrogen) atoms. The largest absolute Gasteiger partial charge is 0.477 e. The molecule has 0 bridgehead atoms. The molecule has 0 radical (unpaired) electrons. The van der Waals surface area contributed by atoms with Gasteiger partial charge in [0, 0.05) is 12.4 Å². The number of carboxylic acids is 1. The molecule has 0 unspecified atom stereocenters. The van der Waals surface area contributed by atoms with E-state index in [0.29, 0.717) is 12.0 Å². The van der Waals surface area contributed by atoms with Crippen molar-refractivity contribution in [3.05, 3.63) is 42.2 Å². The Morgan fingerprint density at radius 1 is 1.44 bits per heavy atom. The van der Waals surface area contributed by atoms with Gasteiger partial charge in [-0.1, -0.05) is 0 Å². The number of nitrogens with zero attached hydrogens (tertiary/aromatic N) is 3. The monoisotopic (exact) mass is 217 g/mol. The Bertz CT molecular complexity index is 548. The number of aromatic carboxylic acids is 1. The highest BCUT2D eigenvalue weighted by Crippen LogP contribution is 2.08. The third kappa shape index (κ3) is 1.81. The smallest absolute Gasteiger partial charge is 0.354 e. The summed E-state index contributed by atoms with van der Waals surface area (Å²) in [5.74, 6) is -1.10. The van der Waals surface area contributed by atoms with Gasteiger partial charge in [0.05, 0.1) is 5.69 Å². The van der Waals surface area contributed by atoms with Crippen LogP contribution in [0.1, 0.15) is 21.0 Å². The van der Waals surface area contributed by atoms with Gasteiger partial charge in [-0.25, -0.2) is 14.8 Å². The van der Waals surface area contributed by atoms with E-state index in [0.717, 1.165) is 0 Å². The summed E-state index contributed by atoms with van der Waals surface area (Å²) < 4.78 is 1.55. The molecule has 0 aliphatic rings. The Morgan fingerprint density at radius 2 is 2.25 bits per heavy atom. The van der Waals surface area contributed by atoms with Crippen LogP contribution in [-0.4, -0.2) is 31.9 Å². The molecular formula is C10H7N3O3. The summed E-state index contributed by atoms with van der Waals surface area (Å²) >= 11 is 0. The maximum Gasteiger partial charge on any atom is 0.354 e. The third-order valence-corrected chi connectivity index (χ3v) is 1.98. The van der Waals surface area contributed by atoms with Gasteiger partial charge in [-0.3, -0.25) is 4.79 Å². The summed E-state index contributed by atoms with van der Waals surface area (Å²) in [5, 5.41) is 8.76. The number of carbonyl (C=O) groups is 2. The number of aldehydes is 1. The summed E-state index contributed by atoms with van der Waals surface area (Å²) in [6.45, 7) is 0. The fraction of sp³-hybridized carbons (Fsp3) is 0. The molecule has 0 saturated heterocycles. The SMILES string of the molecule is O=Cc1cn(-c2ccnc(C(=O)O)c2)cn1. The molecule has 2 heterocycles. The molecule has 2 aromatic heterocycles. The highest BCUT2D eigenvalue weighted by atomic mass is 16.4. The molecule has 0 spiro atoms. The molecule has 0 saturated carbocycles. The zero-order chi connectivity index (χ0) is 11.5. The number of rotatable bonds is 3. The third-order valence-electron chi connectivity index (χ3n) is 1.98. The average Bonchev–Trinajstić information content (AvgIpc) is 2.77. The van der Waals surface area contributed by atoms with Crippen LogP contribution in [0.5, 0.6) is 0 Å². The van der Waals surface area contributed by atoms with E-state index < -0.39 is 5.97 Å². The first-order chi connectivity index (χ1) is 7.70. The van der Waals surface area contributed by atoms with Crippen LogP contribution >= 0.6 is 0 Å². The standard InChI is InChI=1S/C10H7N3O3/c14-5-7-4-13(6-12-7)8-1-2-11-9(3-8)10(15)16/h1-6H,(H,15,16). The first kappa shape index (κ1) is 10.0. The number of pyridine rings is 1. The Morgan fingerprint density at radius 3 is 2.88 bits per heavy atom. The highest BCUT2D eigenvalue weighted by molar-refractivity contribution is 5.85. The van der Waals surface area contributed by atoms with E-state index in [1.54, 1.807) is 10.6 Å². The minimum Gasteiger partial charge on any atom is -0.477 e. The first-order valence-corrected chi connectivity index (χ1v) is 4.39. The number of imidazole rings is 1. The lowest BCUT2D eigenvalue weighted by Gasteiger charge is -2.01. The molecule has 0 amide bonds. The van der Waals surface area contributed by atoms with Crippen LogP contribution in [0.3, 0.4) is 0 Å². The number of hydrogen-bond donors (Lipinski definition) is 1. The Balaban J connectivity index is 2.43. The van der Waals surface area contributed by atoms with E-state index in [1.165, 1.54) is 24.8 Å². The topological polar surface area (TPSA) is 85.1 Å². The van der Waals surface area contributed by atoms with Crippen molar-refractivity contribution in [3.63, 3.8) is 0 Å². The molecule has 0 atom stereocenters. The van der Waals surface area contributed by atoms with Gasteiger partial charge in [0.15, 0.2) is 6.29 Å². The number of aromatic nitrogens is 3.